The van der Waals surface area contributed by atoms with Gasteiger partial charge in [0.2, 0.25) is 0 Å². The molecule has 3 aromatic carbocycles. The Hall–Kier alpha value is -3.32. The van der Waals surface area contributed by atoms with Gasteiger partial charge in [-0.1, -0.05) is 48.2 Å². The van der Waals surface area contributed by atoms with Crippen LogP contribution in [-0.4, -0.2) is 35.9 Å². The lowest BCUT2D eigenvalue weighted by molar-refractivity contribution is -0.121. The summed E-state index contributed by atoms with van der Waals surface area (Å²) in [5, 5.41) is 7.85. The highest BCUT2D eigenvalue weighted by Crippen LogP contribution is 2.29. The van der Waals surface area contributed by atoms with Crippen molar-refractivity contribution in [2.24, 2.45) is 4.99 Å². The van der Waals surface area contributed by atoms with Crippen LogP contribution in [0.2, 0.25) is 0 Å². The molecule has 1 heterocycles. The Labute approximate surface area is 178 Å². The van der Waals surface area contributed by atoms with Crippen LogP contribution in [0.25, 0.3) is 10.8 Å². The molecular formula is C23H21N3O3S. The van der Waals surface area contributed by atoms with E-state index in [1.165, 1.54) is 11.8 Å². The number of fused-ring (bicyclic) bond motifs is 1. The van der Waals surface area contributed by atoms with E-state index in [0.717, 1.165) is 34.3 Å². The van der Waals surface area contributed by atoms with E-state index >= 15 is 0 Å². The molecule has 0 saturated heterocycles. The lowest BCUT2D eigenvalue weighted by atomic mass is 10.0. The highest BCUT2D eigenvalue weighted by molar-refractivity contribution is 8.14. The summed E-state index contributed by atoms with van der Waals surface area (Å²) in [5.41, 5.74) is 2.36. The van der Waals surface area contributed by atoms with Crippen LogP contribution >= 0.6 is 11.8 Å². The minimum Gasteiger partial charge on any atom is -0.483 e. The Bertz CT molecular complexity index is 1140. The molecule has 2 N–H and O–H groups in total. The van der Waals surface area contributed by atoms with Gasteiger partial charge in [-0.3, -0.25) is 14.6 Å². The predicted octanol–water partition coefficient (Wildman–Crippen LogP) is 4.00. The highest BCUT2D eigenvalue weighted by Gasteiger charge is 2.15. The maximum absolute atomic E-state index is 12.9. The van der Waals surface area contributed by atoms with Crippen LogP contribution in [0.15, 0.2) is 65.7 Å². The average molecular weight is 420 g/mol. The first-order valence-corrected chi connectivity index (χ1v) is 10.6. The SMILES string of the molecule is Cc1cccc(NC(=O)c2ccc(OCC(=O)NC3=NCCS3)c3ccccc23)c1. The molecule has 0 aliphatic carbocycles. The lowest BCUT2D eigenvalue weighted by Gasteiger charge is -2.13. The molecule has 0 radical (unpaired) electrons. The second kappa shape index (κ2) is 9.00. The van der Waals surface area contributed by atoms with Crippen molar-refractivity contribution in [3.63, 3.8) is 0 Å². The Balaban J connectivity index is 1.52. The van der Waals surface area contributed by atoms with Gasteiger partial charge in [-0.25, -0.2) is 0 Å². The fourth-order valence-corrected chi connectivity index (χ4v) is 3.97. The Morgan fingerprint density at radius 1 is 1.03 bits per heavy atom. The van der Waals surface area contributed by atoms with Crippen LogP contribution in [0.4, 0.5) is 5.69 Å². The van der Waals surface area contributed by atoms with Gasteiger partial charge in [0, 0.05) is 22.4 Å². The number of carbonyl (C=O) groups excluding carboxylic acids is 2. The Morgan fingerprint density at radius 3 is 2.63 bits per heavy atom. The predicted molar refractivity (Wildman–Crippen MR) is 121 cm³/mol. The number of nitrogens with zero attached hydrogens (tertiary/aromatic N) is 1. The zero-order chi connectivity index (χ0) is 20.9. The first kappa shape index (κ1) is 20.0. The van der Waals surface area contributed by atoms with Crippen molar-refractivity contribution in [3.8, 4) is 5.75 Å². The minimum absolute atomic E-state index is 0.127. The van der Waals surface area contributed by atoms with Crippen molar-refractivity contribution in [2.45, 2.75) is 6.92 Å². The van der Waals surface area contributed by atoms with Gasteiger partial charge in [0.25, 0.3) is 11.8 Å². The maximum Gasteiger partial charge on any atom is 0.263 e. The number of aryl methyl sites for hydroxylation is 1. The summed E-state index contributed by atoms with van der Waals surface area (Å²) in [6, 6.07) is 18.6. The standard InChI is InChI=1S/C23H21N3O3S/c1-15-5-4-6-16(13-15)25-22(28)19-9-10-20(18-8-3-2-7-17(18)19)29-14-21(27)26-23-24-11-12-30-23/h2-10,13H,11-12,14H2,1H3,(H,25,28)(H,24,26,27). The number of thioether (sulfide) groups is 1. The molecule has 4 rings (SSSR count). The fourth-order valence-electron chi connectivity index (χ4n) is 3.23. The summed E-state index contributed by atoms with van der Waals surface area (Å²) in [4.78, 5) is 29.2. The molecular weight excluding hydrogens is 398 g/mol. The van der Waals surface area contributed by atoms with E-state index in [9.17, 15) is 9.59 Å². The van der Waals surface area contributed by atoms with Crippen LogP contribution in [-0.2, 0) is 4.79 Å². The highest BCUT2D eigenvalue weighted by atomic mass is 32.2. The molecule has 0 bridgehead atoms. The van der Waals surface area contributed by atoms with Gasteiger partial charge < -0.3 is 15.4 Å². The van der Waals surface area contributed by atoms with E-state index in [0.29, 0.717) is 16.5 Å². The average Bonchev–Trinajstić information content (AvgIpc) is 3.25. The molecule has 0 saturated carbocycles. The number of hydrogen-bond acceptors (Lipinski definition) is 5. The molecule has 0 unspecified atom stereocenters. The number of ether oxygens (including phenoxy) is 1. The van der Waals surface area contributed by atoms with Gasteiger partial charge in [-0.15, -0.1) is 0 Å². The maximum atomic E-state index is 12.9. The number of amides is 2. The summed E-state index contributed by atoms with van der Waals surface area (Å²) in [6.45, 7) is 2.57. The topological polar surface area (TPSA) is 79.8 Å². The monoisotopic (exact) mass is 419 g/mol. The zero-order valence-electron chi connectivity index (χ0n) is 16.5. The molecule has 3 aromatic rings. The summed E-state index contributed by atoms with van der Waals surface area (Å²) < 4.78 is 5.75. The second-order valence-corrected chi connectivity index (χ2v) is 7.94. The van der Waals surface area contributed by atoms with Crippen molar-refractivity contribution in [1.29, 1.82) is 0 Å². The van der Waals surface area contributed by atoms with Gasteiger partial charge >= 0.3 is 0 Å². The van der Waals surface area contributed by atoms with E-state index < -0.39 is 0 Å². The Morgan fingerprint density at radius 2 is 1.87 bits per heavy atom. The molecule has 0 atom stereocenters. The molecule has 0 fully saturated rings. The summed E-state index contributed by atoms with van der Waals surface area (Å²) in [5.74, 6) is 0.979. The van der Waals surface area contributed by atoms with E-state index in [2.05, 4.69) is 15.6 Å². The summed E-state index contributed by atoms with van der Waals surface area (Å²) >= 11 is 1.52. The first-order chi connectivity index (χ1) is 14.6. The van der Waals surface area contributed by atoms with E-state index in [1.54, 1.807) is 12.1 Å². The number of benzene rings is 3. The first-order valence-electron chi connectivity index (χ1n) is 9.60. The summed E-state index contributed by atoms with van der Waals surface area (Å²) in [7, 11) is 0. The number of rotatable bonds is 5. The van der Waals surface area contributed by atoms with Gasteiger partial charge in [-0.2, -0.15) is 0 Å². The summed E-state index contributed by atoms with van der Waals surface area (Å²) in [6.07, 6.45) is 0. The van der Waals surface area contributed by atoms with Crippen molar-refractivity contribution in [1.82, 2.24) is 5.32 Å². The van der Waals surface area contributed by atoms with Crippen molar-refractivity contribution >= 4 is 45.2 Å². The van der Waals surface area contributed by atoms with Gasteiger partial charge in [-0.05, 0) is 42.1 Å². The van der Waals surface area contributed by atoms with Crippen LogP contribution < -0.4 is 15.4 Å². The third-order valence-corrected chi connectivity index (χ3v) is 5.49. The molecule has 1 aliphatic heterocycles. The van der Waals surface area contributed by atoms with E-state index in [1.807, 2.05) is 55.5 Å². The third kappa shape index (κ3) is 4.63. The van der Waals surface area contributed by atoms with Crippen LogP contribution in [0, 0.1) is 6.92 Å². The number of anilines is 1. The number of hydrogen-bond donors (Lipinski definition) is 2. The van der Waals surface area contributed by atoms with Crippen molar-refractivity contribution in [2.75, 3.05) is 24.2 Å². The normalized spacial score (nSPS) is 13.0. The second-order valence-electron chi connectivity index (χ2n) is 6.85. The van der Waals surface area contributed by atoms with Crippen LogP contribution in [0.3, 0.4) is 0 Å². The quantitative estimate of drug-likeness (QED) is 0.655. The smallest absolute Gasteiger partial charge is 0.263 e. The van der Waals surface area contributed by atoms with Crippen LogP contribution in [0.1, 0.15) is 15.9 Å². The molecule has 152 valence electrons. The fraction of sp³-hybridized carbons (Fsp3) is 0.174. The van der Waals surface area contributed by atoms with Gasteiger partial charge in [0.15, 0.2) is 11.8 Å². The number of carbonyl (C=O) groups is 2. The zero-order valence-corrected chi connectivity index (χ0v) is 17.3. The van der Waals surface area contributed by atoms with Gasteiger partial charge in [0.1, 0.15) is 5.75 Å². The Kier molecular flexibility index (Phi) is 5.99. The number of nitrogens with one attached hydrogen (secondary N) is 2. The lowest BCUT2D eigenvalue weighted by Crippen LogP contribution is -2.32. The van der Waals surface area contributed by atoms with Gasteiger partial charge in [0.05, 0.1) is 6.54 Å². The van der Waals surface area contributed by atoms with Crippen molar-refractivity contribution in [3.05, 3.63) is 71.8 Å². The molecule has 2 amide bonds. The van der Waals surface area contributed by atoms with Crippen LogP contribution in [0.5, 0.6) is 5.75 Å². The van der Waals surface area contributed by atoms with Crippen molar-refractivity contribution < 1.29 is 14.3 Å². The number of amidine groups is 1. The molecule has 0 spiro atoms. The molecule has 0 aromatic heterocycles. The molecule has 1 aliphatic rings. The van der Waals surface area contributed by atoms with E-state index in [4.69, 9.17) is 4.74 Å². The number of aliphatic imine (C=N–C) groups is 1. The largest absolute Gasteiger partial charge is 0.483 e. The molecule has 30 heavy (non-hydrogen) atoms. The van der Waals surface area contributed by atoms with E-state index in [-0.39, 0.29) is 18.4 Å². The minimum atomic E-state index is -0.256. The third-order valence-electron chi connectivity index (χ3n) is 4.60. The molecule has 6 nitrogen and oxygen atoms in total. The molecule has 7 heteroatoms.